The molecule has 1 atom stereocenters. The van der Waals surface area contributed by atoms with Crippen LogP contribution in [0.1, 0.15) is 29.0 Å². The molecule has 2 amide bonds. The van der Waals surface area contributed by atoms with E-state index in [1.54, 1.807) is 28.8 Å². The van der Waals surface area contributed by atoms with Crippen molar-refractivity contribution in [1.29, 1.82) is 0 Å². The highest BCUT2D eigenvalue weighted by molar-refractivity contribution is 6.32. The van der Waals surface area contributed by atoms with Crippen LogP contribution in [0.15, 0.2) is 30.3 Å². The van der Waals surface area contributed by atoms with Gasteiger partial charge in [0.05, 0.1) is 10.7 Å². The molecule has 0 unspecified atom stereocenters. The van der Waals surface area contributed by atoms with Gasteiger partial charge in [0.15, 0.2) is 5.69 Å². The molecule has 1 aromatic heterocycles. The number of hydrogen-bond acceptors (Lipinski definition) is 3. The molecule has 6 nitrogen and oxygen atoms in total. The first-order chi connectivity index (χ1) is 11.5. The fraction of sp³-hybridized carbons (Fsp3) is 0.353. The zero-order valence-corrected chi connectivity index (χ0v) is 14.4. The van der Waals surface area contributed by atoms with Gasteiger partial charge in [-0.2, -0.15) is 5.10 Å². The average Bonchev–Trinajstić information content (AvgIpc) is 3.21. The predicted octanol–water partition coefficient (Wildman–Crippen LogP) is 2.18. The Kier molecular flexibility index (Phi) is 4.57. The van der Waals surface area contributed by atoms with Crippen LogP contribution in [0.3, 0.4) is 0 Å². The largest absolute Gasteiger partial charge is 0.357 e. The van der Waals surface area contributed by atoms with E-state index >= 15 is 0 Å². The molecule has 3 rings (SSSR count). The molecular weight excluding hydrogens is 328 g/mol. The third kappa shape index (κ3) is 2.89. The summed E-state index contributed by atoms with van der Waals surface area (Å²) in [6.45, 7) is 2.43. The fourth-order valence-corrected chi connectivity index (χ4v) is 3.26. The molecule has 0 bridgehead atoms. The summed E-state index contributed by atoms with van der Waals surface area (Å²) in [5, 5.41) is 7.59. The van der Waals surface area contributed by atoms with Crippen LogP contribution in [0.2, 0.25) is 5.02 Å². The number of aryl methyl sites for hydroxylation is 1. The van der Waals surface area contributed by atoms with Gasteiger partial charge in [0, 0.05) is 19.3 Å². The van der Waals surface area contributed by atoms with Gasteiger partial charge in [0.25, 0.3) is 5.91 Å². The minimum atomic E-state index is -0.423. The molecule has 0 saturated carbocycles. The van der Waals surface area contributed by atoms with E-state index in [9.17, 15) is 9.59 Å². The number of likely N-dealkylation sites (tertiary alicyclic amines) is 1. The molecule has 126 valence electrons. The monoisotopic (exact) mass is 346 g/mol. The fourth-order valence-electron chi connectivity index (χ4n) is 3.04. The van der Waals surface area contributed by atoms with Crippen LogP contribution < -0.4 is 5.32 Å². The van der Waals surface area contributed by atoms with E-state index in [1.807, 2.05) is 25.1 Å². The Balaban J connectivity index is 1.91. The molecule has 24 heavy (non-hydrogen) atoms. The van der Waals surface area contributed by atoms with Gasteiger partial charge in [-0.3, -0.25) is 9.59 Å². The Morgan fingerprint density at radius 2 is 2.08 bits per heavy atom. The first kappa shape index (κ1) is 16.5. The smallest absolute Gasteiger partial charge is 0.275 e. The van der Waals surface area contributed by atoms with Crippen LogP contribution in [0.25, 0.3) is 5.69 Å². The Morgan fingerprint density at radius 1 is 1.33 bits per heavy atom. The van der Waals surface area contributed by atoms with Gasteiger partial charge in [0.2, 0.25) is 5.91 Å². The first-order valence-electron chi connectivity index (χ1n) is 7.87. The Bertz CT molecular complexity index is 787. The number of para-hydroxylation sites is 1. The summed E-state index contributed by atoms with van der Waals surface area (Å²) >= 11 is 6.22. The van der Waals surface area contributed by atoms with Gasteiger partial charge in [-0.05, 0) is 38.0 Å². The van der Waals surface area contributed by atoms with Crippen LogP contribution in [-0.2, 0) is 4.79 Å². The van der Waals surface area contributed by atoms with E-state index in [0.717, 1.165) is 17.8 Å². The van der Waals surface area contributed by atoms with Gasteiger partial charge >= 0.3 is 0 Å². The number of carbonyl (C=O) groups excluding carboxylic acids is 2. The lowest BCUT2D eigenvalue weighted by Crippen LogP contribution is -2.45. The number of carbonyl (C=O) groups is 2. The second-order valence-corrected chi connectivity index (χ2v) is 6.21. The predicted molar refractivity (Wildman–Crippen MR) is 91.4 cm³/mol. The number of amides is 2. The van der Waals surface area contributed by atoms with E-state index in [0.29, 0.717) is 23.7 Å². The quantitative estimate of drug-likeness (QED) is 0.926. The highest BCUT2D eigenvalue weighted by Crippen LogP contribution is 2.23. The van der Waals surface area contributed by atoms with Crippen LogP contribution in [-0.4, -0.2) is 46.1 Å². The maximum atomic E-state index is 12.8. The van der Waals surface area contributed by atoms with E-state index in [1.165, 1.54) is 0 Å². The van der Waals surface area contributed by atoms with Crippen molar-refractivity contribution in [3.63, 3.8) is 0 Å². The van der Waals surface area contributed by atoms with E-state index in [2.05, 4.69) is 10.4 Å². The highest BCUT2D eigenvalue weighted by atomic mass is 35.5. The van der Waals surface area contributed by atoms with Crippen molar-refractivity contribution < 1.29 is 9.59 Å². The Morgan fingerprint density at radius 3 is 2.79 bits per heavy atom. The standard InChI is InChI=1S/C17H19ClN4O2/c1-11-10-13(20-22(11)14-7-4-3-6-12(14)18)17(24)21-9-5-8-15(21)16(23)19-2/h3-4,6-7,10,15H,5,8-9H2,1-2H3,(H,19,23)/t15-/m0/s1. The molecule has 1 N–H and O–H groups in total. The van der Waals surface area contributed by atoms with E-state index < -0.39 is 6.04 Å². The summed E-state index contributed by atoms with van der Waals surface area (Å²) in [6.07, 6.45) is 1.49. The summed E-state index contributed by atoms with van der Waals surface area (Å²) in [4.78, 5) is 26.3. The number of likely N-dealkylation sites (N-methyl/N-ethyl adjacent to an activating group) is 1. The van der Waals surface area contributed by atoms with Crippen molar-refractivity contribution in [2.24, 2.45) is 0 Å². The zero-order chi connectivity index (χ0) is 17.3. The van der Waals surface area contributed by atoms with Crippen LogP contribution in [0, 0.1) is 6.92 Å². The van der Waals surface area contributed by atoms with Crippen molar-refractivity contribution in [1.82, 2.24) is 20.0 Å². The number of benzene rings is 1. The molecule has 2 aromatic rings. The molecular formula is C17H19ClN4O2. The lowest BCUT2D eigenvalue weighted by Gasteiger charge is -2.22. The van der Waals surface area contributed by atoms with Crippen LogP contribution >= 0.6 is 11.6 Å². The van der Waals surface area contributed by atoms with E-state index in [-0.39, 0.29) is 11.8 Å². The first-order valence-corrected chi connectivity index (χ1v) is 8.25. The van der Waals surface area contributed by atoms with Crippen LogP contribution in [0.5, 0.6) is 0 Å². The summed E-state index contributed by atoms with van der Waals surface area (Å²) < 4.78 is 1.65. The molecule has 1 fully saturated rings. The van der Waals surface area contributed by atoms with Crippen molar-refractivity contribution in [2.45, 2.75) is 25.8 Å². The number of hydrogen-bond donors (Lipinski definition) is 1. The highest BCUT2D eigenvalue weighted by Gasteiger charge is 2.35. The lowest BCUT2D eigenvalue weighted by molar-refractivity contribution is -0.124. The van der Waals surface area contributed by atoms with Gasteiger partial charge in [-0.25, -0.2) is 4.68 Å². The second-order valence-electron chi connectivity index (χ2n) is 5.80. The molecule has 7 heteroatoms. The maximum Gasteiger partial charge on any atom is 0.275 e. The van der Waals surface area contributed by atoms with Crippen molar-refractivity contribution in [3.05, 3.63) is 46.7 Å². The second kappa shape index (κ2) is 6.65. The topological polar surface area (TPSA) is 67.2 Å². The van der Waals surface area contributed by atoms with E-state index in [4.69, 9.17) is 11.6 Å². The van der Waals surface area contributed by atoms with Crippen molar-refractivity contribution in [2.75, 3.05) is 13.6 Å². The molecule has 1 aliphatic heterocycles. The van der Waals surface area contributed by atoms with Gasteiger partial charge in [0.1, 0.15) is 6.04 Å². The average molecular weight is 347 g/mol. The third-order valence-electron chi connectivity index (χ3n) is 4.25. The Hall–Kier alpha value is -2.34. The number of rotatable bonds is 3. The summed E-state index contributed by atoms with van der Waals surface area (Å²) in [5.74, 6) is -0.363. The Labute approximate surface area is 145 Å². The van der Waals surface area contributed by atoms with Crippen LogP contribution in [0.4, 0.5) is 0 Å². The summed E-state index contributed by atoms with van der Waals surface area (Å²) in [7, 11) is 1.58. The molecule has 2 heterocycles. The third-order valence-corrected chi connectivity index (χ3v) is 4.57. The lowest BCUT2D eigenvalue weighted by atomic mass is 10.2. The normalized spacial score (nSPS) is 17.1. The number of aromatic nitrogens is 2. The summed E-state index contributed by atoms with van der Waals surface area (Å²) in [6, 6.07) is 8.64. The molecule has 1 saturated heterocycles. The minimum Gasteiger partial charge on any atom is -0.357 e. The van der Waals surface area contributed by atoms with Gasteiger partial charge < -0.3 is 10.2 Å². The van der Waals surface area contributed by atoms with Crippen molar-refractivity contribution >= 4 is 23.4 Å². The molecule has 1 aliphatic rings. The molecule has 0 radical (unpaired) electrons. The summed E-state index contributed by atoms with van der Waals surface area (Å²) in [5.41, 5.74) is 1.85. The number of nitrogens with zero attached hydrogens (tertiary/aromatic N) is 3. The minimum absolute atomic E-state index is 0.136. The molecule has 0 aliphatic carbocycles. The molecule has 0 spiro atoms. The van der Waals surface area contributed by atoms with Gasteiger partial charge in [-0.1, -0.05) is 23.7 Å². The maximum absolute atomic E-state index is 12.8. The van der Waals surface area contributed by atoms with Crippen molar-refractivity contribution in [3.8, 4) is 5.69 Å². The number of halogens is 1. The SMILES string of the molecule is CNC(=O)[C@@H]1CCCN1C(=O)c1cc(C)n(-c2ccccc2Cl)n1. The zero-order valence-electron chi connectivity index (χ0n) is 13.6. The number of nitrogens with one attached hydrogen (secondary N) is 1. The van der Waals surface area contributed by atoms with Gasteiger partial charge in [-0.15, -0.1) is 0 Å². The molecule has 1 aromatic carbocycles.